The average molecular weight is 416 g/mol. The third-order valence-electron chi connectivity index (χ3n) is 5.34. The second-order valence-corrected chi connectivity index (χ2v) is 7.23. The van der Waals surface area contributed by atoms with Gasteiger partial charge in [0, 0.05) is 57.3 Å². The first kappa shape index (κ1) is 20.1. The zero-order valence-corrected chi connectivity index (χ0v) is 16.3. The van der Waals surface area contributed by atoms with Gasteiger partial charge in [-0.3, -0.25) is 24.0 Å². The molecule has 3 aromatic rings. The number of anilines is 1. The summed E-state index contributed by atoms with van der Waals surface area (Å²) in [5, 5.41) is 0.336. The number of piperazine rings is 1. The van der Waals surface area contributed by atoms with Crippen molar-refractivity contribution in [1.82, 2.24) is 24.0 Å². The van der Waals surface area contributed by atoms with Crippen molar-refractivity contribution in [1.29, 1.82) is 0 Å². The van der Waals surface area contributed by atoms with Gasteiger partial charge in [-0.25, -0.2) is 13.8 Å². The fourth-order valence-electron chi connectivity index (χ4n) is 3.66. The molecule has 0 spiro atoms. The highest BCUT2D eigenvalue weighted by Gasteiger charge is 2.18. The Balaban J connectivity index is 1.40. The third-order valence-corrected chi connectivity index (χ3v) is 5.34. The third kappa shape index (κ3) is 4.38. The number of halogens is 2. The van der Waals surface area contributed by atoms with Crippen LogP contribution in [0.5, 0.6) is 0 Å². The van der Waals surface area contributed by atoms with Gasteiger partial charge in [-0.2, -0.15) is 0 Å². The van der Waals surface area contributed by atoms with E-state index in [1.807, 2.05) is 12.1 Å². The first-order chi connectivity index (χ1) is 14.5. The number of rotatable bonds is 6. The lowest BCUT2D eigenvalue weighted by molar-refractivity contribution is 0.125. The Hall–Kier alpha value is -3.14. The van der Waals surface area contributed by atoms with Gasteiger partial charge in [0.05, 0.1) is 30.0 Å². The molecule has 158 valence electrons. The summed E-state index contributed by atoms with van der Waals surface area (Å²) in [7, 11) is 0. The van der Waals surface area contributed by atoms with Crippen molar-refractivity contribution in [3.05, 3.63) is 63.8 Å². The van der Waals surface area contributed by atoms with Gasteiger partial charge >= 0.3 is 0 Å². The predicted octanol–water partition coefficient (Wildman–Crippen LogP) is 1.04. The molecule has 10 heteroatoms. The van der Waals surface area contributed by atoms with Gasteiger partial charge in [-0.1, -0.05) is 0 Å². The SMILES string of the molecule is O=c1cnccn1CCN1CCN(c2ccc3c(=O)n(CC(F)F)cnc3c2)CC1. The predicted molar refractivity (Wildman–Crippen MR) is 109 cm³/mol. The molecular weight excluding hydrogens is 394 g/mol. The van der Waals surface area contributed by atoms with Gasteiger partial charge in [0.2, 0.25) is 0 Å². The highest BCUT2D eigenvalue weighted by atomic mass is 19.3. The van der Waals surface area contributed by atoms with Crippen LogP contribution in [-0.4, -0.2) is 63.2 Å². The normalized spacial score (nSPS) is 15.2. The van der Waals surface area contributed by atoms with Gasteiger partial charge in [0.25, 0.3) is 17.5 Å². The van der Waals surface area contributed by atoms with E-state index >= 15 is 0 Å². The summed E-state index contributed by atoms with van der Waals surface area (Å²) in [4.78, 5) is 36.6. The standard InChI is InChI=1S/C20H22F2N6O2/c21-18(22)13-28-14-24-17-11-15(1-2-16(17)20(28)30)26-8-5-25(6-9-26)7-10-27-4-3-23-12-19(27)29/h1-4,11-12,14,18H,5-10,13H2. The number of benzene rings is 1. The van der Waals surface area contributed by atoms with Crippen LogP contribution in [0.25, 0.3) is 10.9 Å². The molecule has 1 fully saturated rings. The number of alkyl halides is 2. The van der Waals surface area contributed by atoms with E-state index in [1.54, 1.807) is 23.0 Å². The molecule has 4 rings (SSSR count). The molecule has 2 aromatic heterocycles. The number of nitrogens with zero attached hydrogens (tertiary/aromatic N) is 6. The van der Waals surface area contributed by atoms with Crippen LogP contribution in [0, 0.1) is 0 Å². The van der Waals surface area contributed by atoms with Gasteiger partial charge in [0.1, 0.15) is 0 Å². The molecule has 0 atom stereocenters. The first-order valence-corrected chi connectivity index (χ1v) is 9.76. The highest BCUT2D eigenvalue weighted by Crippen LogP contribution is 2.20. The summed E-state index contributed by atoms with van der Waals surface area (Å²) in [6.07, 6.45) is 3.19. The van der Waals surface area contributed by atoms with Crippen molar-refractivity contribution in [2.24, 2.45) is 0 Å². The van der Waals surface area contributed by atoms with Crippen LogP contribution in [-0.2, 0) is 13.1 Å². The van der Waals surface area contributed by atoms with E-state index in [2.05, 4.69) is 19.8 Å². The van der Waals surface area contributed by atoms with Crippen molar-refractivity contribution >= 4 is 16.6 Å². The van der Waals surface area contributed by atoms with Crippen LogP contribution in [0.3, 0.4) is 0 Å². The topological polar surface area (TPSA) is 76.3 Å². The highest BCUT2D eigenvalue weighted by molar-refractivity contribution is 5.81. The van der Waals surface area contributed by atoms with Crippen LogP contribution in [0.4, 0.5) is 14.5 Å². The molecule has 0 bridgehead atoms. The molecule has 1 aliphatic heterocycles. The molecule has 0 radical (unpaired) electrons. The second-order valence-electron chi connectivity index (χ2n) is 7.23. The van der Waals surface area contributed by atoms with E-state index in [9.17, 15) is 18.4 Å². The summed E-state index contributed by atoms with van der Waals surface area (Å²) in [5.74, 6) is 0. The van der Waals surface area contributed by atoms with Crippen molar-refractivity contribution < 1.29 is 8.78 Å². The number of hydrogen-bond acceptors (Lipinski definition) is 6. The maximum absolute atomic E-state index is 12.6. The molecule has 3 heterocycles. The number of fused-ring (bicyclic) bond motifs is 1. The summed E-state index contributed by atoms with van der Waals surface area (Å²) in [6, 6.07) is 5.32. The second kappa shape index (κ2) is 8.70. The molecule has 0 aliphatic carbocycles. The quantitative estimate of drug-likeness (QED) is 0.598. The van der Waals surface area contributed by atoms with Gasteiger partial charge in [0.15, 0.2) is 0 Å². The molecule has 0 amide bonds. The molecule has 8 nitrogen and oxygen atoms in total. The van der Waals surface area contributed by atoms with Crippen LogP contribution < -0.4 is 16.0 Å². The first-order valence-electron chi connectivity index (χ1n) is 9.76. The fourth-order valence-corrected chi connectivity index (χ4v) is 3.66. The summed E-state index contributed by atoms with van der Waals surface area (Å²) >= 11 is 0. The Morgan fingerprint density at radius 2 is 1.83 bits per heavy atom. The minimum atomic E-state index is -2.60. The molecule has 1 aliphatic rings. The van der Waals surface area contributed by atoms with E-state index in [0.717, 1.165) is 43.0 Å². The molecule has 1 aromatic carbocycles. The van der Waals surface area contributed by atoms with Crippen LogP contribution in [0.2, 0.25) is 0 Å². The lowest BCUT2D eigenvalue weighted by atomic mass is 10.2. The largest absolute Gasteiger partial charge is 0.369 e. The number of aromatic nitrogens is 4. The Kier molecular flexibility index (Phi) is 5.84. The lowest BCUT2D eigenvalue weighted by Crippen LogP contribution is -2.47. The molecule has 0 N–H and O–H groups in total. The molecule has 1 saturated heterocycles. The average Bonchev–Trinajstić information content (AvgIpc) is 2.75. The Morgan fingerprint density at radius 1 is 1.03 bits per heavy atom. The zero-order chi connectivity index (χ0) is 21.1. The van der Waals surface area contributed by atoms with Crippen molar-refractivity contribution in [3.63, 3.8) is 0 Å². The van der Waals surface area contributed by atoms with E-state index < -0.39 is 18.5 Å². The molecule has 0 unspecified atom stereocenters. The van der Waals surface area contributed by atoms with Crippen molar-refractivity contribution in [2.75, 3.05) is 37.6 Å². The van der Waals surface area contributed by atoms with Gasteiger partial charge in [-0.05, 0) is 18.2 Å². The van der Waals surface area contributed by atoms with Crippen LogP contribution in [0.15, 0.2) is 52.7 Å². The van der Waals surface area contributed by atoms with Crippen molar-refractivity contribution in [3.8, 4) is 0 Å². The molecular formula is C20H22F2N6O2. The van der Waals surface area contributed by atoms with Gasteiger partial charge < -0.3 is 9.47 Å². The smallest absolute Gasteiger partial charge is 0.269 e. The summed E-state index contributed by atoms with van der Waals surface area (Å²) in [6.45, 7) is 4.05. The summed E-state index contributed by atoms with van der Waals surface area (Å²) in [5.41, 5.74) is 0.893. The van der Waals surface area contributed by atoms with Crippen LogP contribution in [0.1, 0.15) is 0 Å². The Morgan fingerprint density at radius 3 is 2.57 bits per heavy atom. The van der Waals surface area contributed by atoms with E-state index in [1.165, 1.54) is 12.5 Å². The van der Waals surface area contributed by atoms with E-state index in [-0.39, 0.29) is 5.56 Å². The zero-order valence-electron chi connectivity index (χ0n) is 16.3. The lowest BCUT2D eigenvalue weighted by Gasteiger charge is -2.36. The Labute approximate surface area is 171 Å². The van der Waals surface area contributed by atoms with E-state index in [4.69, 9.17) is 0 Å². The fraction of sp³-hybridized carbons (Fsp3) is 0.400. The molecule has 30 heavy (non-hydrogen) atoms. The minimum absolute atomic E-state index is 0.104. The Bertz CT molecular complexity index is 1140. The number of hydrogen-bond donors (Lipinski definition) is 0. The van der Waals surface area contributed by atoms with Gasteiger partial charge in [-0.15, -0.1) is 0 Å². The minimum Gasteiger partial charge on any atom is -0.369 e. The maximum Gasteiger partial charge on any atom is 0.269 e. The summed E-state index contributed by atoms with van der Waals surface area (Å²) < 4.78 is 27.8. The van der Waals surface area contributed by atoms with E-state index in [0.29, 0.717) is 17.4 Å². The monoisotopic (exact) mass is 416 g/mol. The molecule has 0 saturated carbocycles. The maximum atomic E-state index is 12.6. The van der Waals surface area contributed by atoms with Crippen molar-refractivity contribution in [2.45, 2.75) is 19.5 Å². The van der Waals surface area contributed by atoms with Crippen LogP contribution >= 0.6 is 0 Å².